The summed E-state index contributed by atoms with van der Waals surface area (Å²) in [6, 6.07) is 4.85. The summed E-state index contributed by atoms with van der Waals surface area (Å²) < 4.78 is 14.1. The Labute approximate surface area is 110 Å². The maximum absolute atomic E-state index is 14.1. The van der Waals surface area contributed by atoms with Crippen molar-refractivity contribution in [3.63, 3.8) is 0 Å². The first kappa shape index (κ1) is 12.9. The largest absolute Gasteiger partial charge is 0.382 e. The maximum atomic E-state index is 14.1. The Hall–Kier alpha value is -1.55. The van der Waals surface area contributed by atoms with Crippen LogP contribution in [0.15, 0.2) is 18.2 Å². The minimum absolute atomic E-state index is 0.0768. The third kappa shape index (κ3) is 2.08. The van der Waals surface area contributed by atoms with Crippen LogP contribution in [0.5, 0.6) is 0 Å². The molecule has 0 atom stereocenters. The van der Waals surface area contributed by atoms with Gasteiger partial charge in [-0.2, -0.15) is 5.10 Å². The van der Waals surface area contributed by atoms with E-state index in [1.165, 1.54) is 6.07 Å². The zero-order chi connectivity index (χ0) is 13.5. The molecule has 1 aromatic carbocycles. The summed E-state index contributed by atoms with van der Waals surface area (Å²) in [5.41, 5.74) is 7.38. The van der Waals surface area contributed by atoms with E-state index >= 15 is 0 Å². The van der Waals surface area contributed by atoms with Crippen LogP contribution in [0.1, 0.15) is 26.5 Å². The molecule has 0 amide bonds. The van der Waals surface area contributed by atoms with Gasteiger partial charge in [0.15, 0.2) is 5.82 Å². The smallest absolute Gasteiger partial charge is 0.153 e. The summed E-state index contributed by atoms with van der Waals surface area (Å²) in [6.45, 7) is 6.02. The quantitative estimate of drug-likeness (QED) is 0.827. The third-order valence-corrected chi connectivity index (χ3v) is 3.06. The number of halogens is 2. The lowest BCUT2D eigenvalue weighted by Gasteiger charge is -2.19. The Morgan fingerprint density at radius 2 is 2.00 bits per heavy atom. The summed E-state index contributed by atoms with van der Waals surface area (Å²) in [6.07, 6.45) is 0. The standard InChI is InChI=1S/C13H15ClFN3/c1-13(2,3)11-9(12(16)18-17-11)7-5-4-6-8(14)10(7)15/h4-6H,1-3H3,(H3,16,17,18). The molecule has 0 unspecified atom stereocenters. The van der Waals surface area contributed by atoms with Gasteiger partial charge in [0.25, 0.3) is 0 Å². The van der Waals surface area contributed by atoms with Gasteiger partial charge >= 0.3 is 0 Å². The second-order valence-corrected chi connectivity index (χ2v) is 5.62. The van der Waals surface area contributed by atoms with Crippen LogP contribution in [0.25, 0.3) is 11.1 Å². The zero-order valence-corrected chi connectivity index (χ0v) is 11.3. The van der Waals surface area contributed by atoms with Crippen LogP contribution in [-0.4, -0.2) is 10.2 Å². The Morgan fingerprint density at radius 1 is 1.33 bits per heavy atom. The number of nitrogens with zero attached hydrogens (tertiary/aromatic N) is 1. The lowest BCUT2D eigenvalue weighted by molar-refractivity contribution is 0.567. The van der Waals surface area contributed by atoms with Gasteiger partial charge in [-0.15, -0.1) is 0 Å². The highest BCUT2D eigenvalue weighted by Gasteiger charge is 2.25. The van der Waals surface area contributed by atoms with E-state index in [0.29, 0.717) is 11.1 Å². The molecule has 2 rings (SSSR count). The van der Waals surface area contributed by atoms with Crippen molar-refractivity contribution in [2.24, 2.45) is 0 Å². The van der Waals surface area contributed by atoms with Gasteiger partial charge in [0.2, 0.25) is 0 Å². The lowest BCUT2D eigenvalue weighted by atomic mass is 9.87. The SMILES string of the molecule is CC(C)(C)c1[nH]nc(N)c1-c1cccc(Cl)c1F. The third-order valence-electron chi connectivity index (χ3n) is 2.77. The molecule has 18 heavy (non-hydrogen) atoms. The number of hydrogen-bond donors (Lipinski definition) is 2. The average Bonchev–Trinajstić information content (AvgIpc) is 2.64. The van der Waals surface area contributed by atoms with Gasteiger partial charge in [0, 0.05) is 11.0 Å². The van der Waals surface area contributed by atoms with Crippen LogP contribution < -0.4 is 5.73 Å². The molecule has 1 aromatic heterocycles. The van der Waals surface area contributed by atoms with E-state index < -0.39 is 5.82 Å². The highest BCUT2D eigenvalue weighted by Crippen LogP contribution is 2.37. The molecule has 0 bridgehead atoms. The number of H-pyrrole nitrogens is 1. The number of nitrogens with one attached hydrogen (secondary N) is 1. The molecule has 0 saturated carbocycles. The highest BCUT2D eigenvalue weighted by atomic mass is 35.5. The minimum atomic E-state index is -0.474. The monoisotopic (exact) mass is 267 g/mol. The normalized spacial score (nSPS) is 11.8. The Kier molecular flexibility index (Phi) is 3.07. The van der Waals surface area contributed by atoms with Crippen LogP contribution in [-0.2, 0) is 5.41 Å². The Bertz CT molecular complexity index is 584. The summed E-state index contributed by atoms with van der Waals surface area (Å²) in [7, 11) is 0. The molecular weight excluding hydrogens is 253 g/mol. The first-order valence-electron chi connectivity index (χ1n) is 5.61. The van der Waals surface area contributed by atoms with Crippen molar-refractivity contribution in [1.29, 1.82) is 0 Å². The van der Waals surface area contributed by atoms with Crippen molar-refractivity contribution < 1.29 is 4.39 Å². The predicted octanol–water partition coefficient (Wildman–Crippen LogP) is 3.75. The fourth-order valence-corrected chi connectivity index (χ4v) is 2.04. The first-order valence-corrected chi connectivity index (χ1v) is 5.99. The molecule has 0 aliphatic heterocycles. The molecule has 0 saturated heterocycles. The molecule has 1 heterocycles. The van der Waals surface area contributed by atoms with Crippen LogP contribution in [0.3, 0.4) is 0 Å². The number of aromatic amines is 1. The number of benzene rings is 1. The zero-order valence-electron chi connectivity index (χ0n) is 10.5. The minimum Gasteiger partial charge on any atom is -0.382 e. The molecular formula is C13H15ClFN3. The fraction of sp³-hybridized carbons (Fsp3) is 0.308. The molecule has 2 aromatic rings. The maximum Gasteiger partial charge on any atom is 0.153 e. The van der Waals surface area contributed by atoms with Gasteiger partial charge in [0.05, 0.1) is 16.3 Å². The van der Waals surface area contributed by atoms with E-state index in [2.05, 4.69) is 10.2 Å². The van der Waals surface area contributed by atoms with Crippen molar-refractivity contribution in [1.82, 2.24) is 10.2 Å². The molecule has 0 aliphatic carbocycles. The van der Waals surface area contributed by atoms with E-state index in [-0.39, 0.29) is 16.3 Å². The number of nitrogens with two attached hydrogens (primary N) is 1. The van der Waals surface area contributed by atoms with E-state index in [0.717, 1.165) is 5.69 Å². The number of anilines is 1. The first-order chi connectivity index (χ1) is 8.32. The van der Waals surface area contributed by atoms with E-state index in [1.54, 1.807) is 12.1 Å². The van der Waals surface area contributed by atoms with Gasteiger partial charge in [-0.25, -0.2) is 4.39 Å². The van der Waals surface area contributed by atoms with Gasteiger partial charge in [0.1, 0.15) is 5.82 Å². The van der Waals surface area contributed by atoms with Crippen molar-refractivity contribution in [2.45, 2.75) is 26.2 Å². The predicted molar refractivity (Wildman–Crippen MR) is 72.1 cm³/mol. The number of hydrogen-bond acceptors (Lipinski definition) is 2. The van der Waals surface area contributed by atoms with Gasteiger partial charge in [-0.1, -0.05) is 44.5 Å². The van der Waals surface area contributed by atoms with Crippen LogP contribution in [0, 0.1) is 5.82 Å². The highest BCUT2D eigenvalue weighted by molar-refractivity contribution is 6.31. The topological polar surface area (TPSA) is 54.7 Å². The molecule has 0 spiro atoms. The Balaban J connectivity index is 2.72. The number of aromatic nitrogens is 2. The second-order valence-electron chi connectivity index (χ2n) is 5.21. The molecule has 0 aliphatic rings. The van der Waals surface area contributed by atoms with E-state index in [9.17, 15) is 4.39 Å². The number of nitrogen functional groups attached to an aromatic ring is 1. The van der Waals surface area contributed by atoms with E-state index in [4.69, 9.17) is 17.3 Å². The second kappa shape index (κ2) is 4.28. The molecule has 0 radical (unpaired) electrons. The average molecular weight is 268 g/mol. The Morgan fingerprint density at radius 3 is 2.61 bits per heavy atom. The number of rotatable bonds is 1. The van der Waals surface area contributed by atoms with Crippen LogP contribution in [0.4, 0.5) is 10.2 Å². The van der Waals surface area contributed by atoms with Gasteiger partial charge in [-0.3, -0.25) is 5.10 Å². The van der Waals surface area contributed by atoms with Crippen molar-refractivity contribution >= 4 is 17.4 Å². The van der Waals surface area contributed by atoms with Gasteiger partial charge in [-0.05, 0) is 6.07 Å². The molecule has 96 valence electrons. The molecule has 0 fully saturated rings. The van der Waals surface area contributed by atoms with Crippen LogP contribution >= 0.6 is 11.6 Å². The summed E-state index contributed by atoms with van der Waals surface area (Å²) in [5, 5.41) is 6.92. The molecule has 3 N–H and O–H groups in total. The summed E-state index contributed by atoms with van der Waals surface area (Å²) >= 11 is 5.80. The summed E-state index contributed by atoms with van der Waals surface area (Å²) in [4.78, 5) is 0. The summed E-state index contributed by atoms with van der Waals surface area (Å²) in [5.74, 6) is -0.196. The lowest BCUT2D eigenvalue weighted by Crippen LogP contribution is -2.13. The fourth-order valence-electron chi connectivity index (χ4n) is 1.87. The molecule has 3 nitrogen and oxygen atoms in total. The van der Waals surface area contributed by atoms with Crippen molar-refractivity contribution in [3.8, 4) is 11.1 Å². The van der Waals surface area contributed by atoms with Gasteiger partial charge < -0.3 is 5.73 Å². The van der Waals surface area contributed by atoms with Crippen molar-refractivity contribution in [2.75, 3.05) is 5.73 Å². The molecule has 5 heteroatoms. The van der Waals surface area contributed by atoms with E-state index in [1.807, 2.05) is 20.8 Å². The van der Waals surface area contributed by atoms with Crippen LogP contribution in [0.2, 0.25) is 5.02 Å². The van der Waals surface area contributed by atoms with Crippen molar-refractivity contribution in [3.05, 3.63) is 34.7 Å².